The van der Waals surface area contributed by atoms with E-state index in [1.807, 2.05) is 27.7 Å². The van der Waals surface area contributed by atoms with Gasteiger partial charge in [-0.05, 0) is 32.5 Å². The van der Waals surface area contributed by atoms with Crippen LogP contribution in [0.2, 0.25) is 0 Å². The van der Waals surface area contributed by atoms with Crippen molar-refractivity contribution in [2.75, 3.05) is 6.54 Å². The molecule has 1 N–H and O–H groups in total. The molecule has 56 valence electrons. The Labute approximate surface area is 62.3 Å². The van der Waals surface area contributed by atoms with Crippen LogP contribution in [0.15, 0.2) is 0 Å². The van der Waals surface area contributed by atoms with E-state index in [1.54, 1.807) is 4.53 Å². The fourth-order valence-electron chi connectivity index (χ4n) is 0.376. The zero-order chi connectivity index (χ0) is 7.49. The zero-order valence-electron chi connectivity index (χ0n) is 6.53. The molecule has 0 aromatic heterocycles. The molecule has 0 rings (SSSR count). The summed E-state index contributed by atoms with van der Waals surface area (Å²) < 4.78 is 1.59. The maximum Gasteiger partial charge on any atom is 0.0433 e. The van der Waals surface area contributed by atoms with Crippen molar-refractivity contribution in [3.8, 4) is 0 Å². The van der Waals surface area contributed by atoms with E-state index in [9.17, 15) is 0 Å². The predicted molar refractivity (Wildman–Crippen MR) is 41.1 cm³/mol. The van der Waals surface area contributed by atoms with Gasteiger partial charge in [0.15, 0.2) is 0 Å². The fourth-order valence-corrected chi connectivity index (χ4v) is 0.496. The molecule has 0 atom stereocenters. The summed E-state index contributed by atoms with van der Waals surface area (Å²) in [6.45, 7) is 9.01. The molecule has 0 fully saturated rings. The van der Waals surface area contributed by atoms with Crippen LogP contribution in [0.3, 0.4) is 0 Å². The molecular formula is C6H15ClN2. The van der Waals surface area contributed by atoms with Gasteiger partial charge in [-0.2, -0.15) is 4.53 Å². The summed E-state index contributed by atoms with van der Waals surface area (Å²) in [4.78, 5) is 0. The van der Waals surface area contributed by atoms with Crippen molar-refractivity contribution in [3.63, 3.8) is 0 Å². The Balaban J connectivity index is 3.59. The van der Waals surface area contributed by atoms with Gasteiger partial charge in [-0.15, -0.1) is 0 Å². The van der Waals surface area contributed by atoms with Gasteiger partial charge in [0.2, 0.25) is 0 Å². The van der Waals surface area contributed by atoms with Crippen molar-refractivity contribution in [2.45, 2.75) is 33.2 Å². The number of hydrazine groups is 1. The van der Waals surface area contributed by atoms with Crippen LogP contribution in [0, 0.1) is 0 Å². The standard InChI is InChI=1S/C6H15ClN2/c1-5-8-9(7)6(2,3)4/h8H,5H2,1-4H3. The minimum Gasteiger partial charge on any atom is -0.241 e. The number of hydrogen-bond acceptors (Lipinski definition) is 2. The first-order valence-corrected chi connectivity index (χ1v) is 3.51. The van der Waals surface area contributed by atoms with Crippen molar-refractivity contribution in [3.05, 3.63) is 0 Å². The molecule has 0 saturated heterocycles. The second kappa shape index (κ2) is 3.40. The summed E-state index contributed by atoms with van der Waals surface area (Å²) in [7, 11) is 0. The summed E-state index contributed by atoms with van der Waals surface area (Å²) in [6, 6.07) is 0. The lowest BCUT2D eigenvalue weighted by atomic mass is 10.1. The first-order valence-electron chi connectivity index (χ1n) is 3.18. The van der Waals surface area contributed by atoms with Crippen molar-refractivity contribution in [1.29, 1.82) is 0 Å². The molecule has 2 nitrogen and oxygen atoms in total. The number of halogens is 1. The quantitative estimate of drug-likeness (QED) is 0.477. The van der Waals surface area contributed by atoms with Gasteiger partial charge in [0.05, 0.1) is 0 Å². The van der Waals surface area contributed by atoms with Gasteiger partial charge in [0.25, 0.3) is 0 Å². The van der Waals surface area contributed by atoms with Crippen LogP contribution in [-0.4, -0.2) is 16.6 Å². The maximum absolute atomic E-state index is 5.78. The molecule has 0 aromatic rings. The smallest absolute Gasteiger partial charge is 0.0433 e. The molecule has 9 heavy (non-hydrogen) atoms. The van der Waals surface area contributed by atoms with Gasteiger partial charge in [-0.3, -0.25) is 0 Å². The second-order valence-corrected chi connectivity index (χ2v) is 3.30. The third kappa shape index (κ3) is 3.73. The molecule has 0 aliphatic rings. The summed E-state index contributed by atoms with van der Waals surface area (Å²) in [5.74, 6) is 0. The number of nitrogens with zero attached hydrogens (tertiary/aromatic N) is 1. The molecule has 0 spiro atoms. The van der Waals surface area contributed by atoms with E-state index in [-0.39, 0.29) is 5.54 Å². The molecule has 0 aromatic carbocycles. The van der Waals surface area contributed by atoms with E-state index in [0.29, 0.717) is 0 Å². The third-order valence-electron chi connectivity index (χ3n) is 0.886. The van der Waals surface area contributed by atoms with E-state index >= 15 is 0 Å². The Morgan fingerprint density at radius 3 is 2.00 bits per heavy atom. The maximum atomic E-state index is 5.78. The van der Waals surface area contributed by atoms with Gasteiger partial charge >= 0.3 is 0 Å². The Kier molecular flexibility index (Phi) is 3.48. The molecule has 0 radical (unpaired) electrons. The van der Waals surface area contributed by atoms with E-state index in [2.05, 4.69) is 5.43 Å². The van der Waals surface area contributed by atoms with Crippen LogP contribution in [0.5, 0.6) is 0 Å². The highest BCUT2D eigenvalue weighted by Gasteiger charge is 2.17. The lowest BCUT2D eigenvalue weighted by Gasteiger charge is -2.28. The molecule has 0 saturated carbocycles. The van der Waals surface area contributed by atoms with Crippen LogP contribution in [-0.2, 0) is 0 Å². The highest BCUT2D eigenvalue weighted by molar-refractivity contribution is 6.13. The molecular weight excluding hydrogens is 136 g/mol. The van der Waals surface area contributed by atoms with Crippen molar-refractivity contribution in [2.24, 2.45) is 0 Å². The predicted octanol–water partition coefficient (Wildman–Crippen LogP) is 1.77. The highest BCUT2D eigenvalue weighted by Crippen LogP contribution is 2.11. The lowest BCUT2D eigenvalue weighted by Crippen LogP contribution is -2.43. The van der Waals surface area contributed by atoms with Crippen molar-refractivity contribution >= 4 is 11.8 Å². The Morgan fingerprint density at radius 2 is 1.89 bits per heavy atom. The molecule has 0 aliphatic heterocycles. The molecule has 0 aliphatic carbocycles. The number of nitrogens with one attached hydrogen (secondary N) is 1. The largest absolute Gasteiger partial charge is 0.241 e. The summed E-state index contributed by atoms with van der Waals surface area (Å²) in [6.07, 6.45) is 0. The molecule has 0 unspecified atom stereocenters. The molecule has 0 amide bonds. The van der Waals surface area contributed by atoms with Gasteiger partial charge in [-0.1, -0.05) is 6.92 Å². The lowest BCUT2D eigenvalue weighted by molar-refractivity contribution is 0.194. The number of hydrogen-bond donors (Lipinski definition) is 1. The summed E-state index contributed by atoms with van der Waals surface area (Å²) in [5, 5.41) is 0. The zero-order valence-corrected chi connectivity index (χ0v) is 7.29. The Bertz CT molecular complexity index is 77.6. The fraction of sp³-hybridized carbons (Fsp3) is 1.00. The van der Waals surface area contributed by atoms with Crippen LogP contribution in [0.4, 0.5) is 0 Å². The van der Waals surface area contributed by atoms with E-state index < -0.39 is 0 Å². The minimum absolute atomic E-state index is 0.00242. The van der Waals surface area contributed by atoms with Crippen LogP contribution in [0.25, 0.3) is 0 Å². The summed E-state index contributed by atoms with van der Waals surface area (Å²) in [5.41, 5.74) is 2.98. The van der Waals surface area contributed by atoms with Crippen LogP contribution in [0.1, 0.15) is 27.7 Å². The van der Waals surface area contributed by atoms with Crippen LogP contribution >= 0.6 is 11.8 Å². The first-order chi connectivity index (χ1) is 3.98. The normalized spacial score (nSPS) is 12.7. The topological polar surface area (TPSA) is 15.3 Å². The monoisotopic (exact) mass is 150 g/mol. The second-order valence-electron chi connectivity index (χ2n) is 2.96. The Morgan fingerprint density at radius 1 is 1.44 bits per heavy atom. The average molecular weight is 151 g/mol. The van der Waals surface area contributed by atoms with Gasteiger partial charge < -0.3 is 0 Å². The third-order valence-corrected chi connectivity index (χ3v) is 1.51. The SMILES string of the molecule is CCNN(Cl)C(C)(C)C. The summed E-state index contributed by atoms with van der Waals surface area (Å²) >= 11 is 5.78. The first kappa shape index (κ1) is 9.21. The molecule has 0 bridgehead atoms. The Hall–Kier alpha value is 0.210. The van der Waals surface area contributed by atoms with E-state index in [0.717, 1.165) is 6.54 Å². The van der Waals surface area contributed by atoms with Gasteiger partial charge in [0.1, 0.15) is 0 Å². The van der Waals surface area contributed by atoms with Crippen molar-refractivity contribution in [1.82, 2.24) is 9.95 Å². The number of rotatable bonds is 2. The van der Waals surface area contributed by atoms with E-state index in [4.69, 9.17) is 11.8 Å². The highest BCUT2D eigenvalue weighted by atomic mass is 35.5. The molecule has 0 heterocycles. The average Bonchev–Trinajstić information content (AvgIpc) is 1.64. The van der Waals surface area contributed by atoms with Gasteiger partial charge in [-0.25, -0.2) is 5.43 Å². The van der Waals surface area contributed by atoms with Crippen LogP contribution < -0.4 is 5.43 Å². The minimum atomic E-state index is -0.00242. The molecule has 3 heteroatoms. The van der Waals surface area contributed by atoms with Crippen molar-refractivity contribution < 1.29 is 0 Å². The van der Waals surface area contributed by atoms with Gasteiger partial charge in [0, 0.05) is 12.1 Å². The van der Waals surface area contributed by atoms with E-state index in [1.165, 1.54) is 0 Å².